The number of nitrogens with one attached hydrogen (secondary N) is 1. The van der Waals surface area contributed by atoms with Crippen LogP contribution in [0.25, 0.3) is 0 Å². The highest BCUT2D eigenvalue weighted by atomic mass is 35.5. The highest BCUT2D eigenvalue weighted by Crippen LogP contribution is 2.51. The van der Waals surface area contributed by atoms with Gasteiger partial charge in [0, 0.05) is 0 Å². The Bertz CT molecular complexity index is 1880. The first-order valence-electron chi connectivity index (χ1n) is 11.1. The van der Waals surface area contributed by atoms with Crippen LogP contribution >= 0.6 is 46.4 Å². The van der Waals surface area contributed by atoms with Gasteiger partial charge in [0.1, 0.15) is 5.69 Å². The van der Waals surface area contributed by atoms with Crippen molar-refractivity contribution in [2.45, 2.75) is 21.6 Å². The van der Waals surface area contributed by atoms with Gasteiger partial charge in [-0.05, 0) is 43.3 Å². The summed E-state index contributed by atoms with van der Waals surface area (Å²) in [5, 5.41) is -2.54. The molecule has 0 fully saturated rings. The van der Waals surface area contributed by atoms with Crippen LogP contribution in [0.5, 0.6) is 0 Å². The Balaban J connectivity index is 2.00. The number of benzene rings is 4. The van der Waals surface area contributed by atoms with Crippen LogP contribution in [-0.2, 0) is 30.1 Å². The third kappa shape index (κ3) is 5.64. The zero-order valence-corrected chi connectivity index (χ0v) is 25.7. The van der Waals surface area contributed by atoms with Crippen LogP contribution in [0, 0.1) is 6.92 Å². The molecular weight excluding hydrogens is 662 g/mol. The van der Waals surface area contributed by atoms with Gasteiger partial charge in [-0.3, -0.25) is 4.72 Å². The second kappa shape index (κ2) is 11.4. The Labute approximate surface area is 252 Å². The summed E-state index contributed by atoms with van der Waals surface area (Å²) in [5.41, 5.74) is -0.547. The third-order valence-corrected chi connectivity index (χ3v) is 12.7. The van der Waals surface area contributed by atoms with Gasteiger partial charge in [0.25, 0.3) is 30.1 Å². The highest BCUT2D eigenvalue weighted by Gasteiger charge is 2.41. The zero-order valence-electron chi connectivity index (χ0n) is 20.2. The summed E-state index contributed by atoms with van der Waals surface area (Å²) < 4.78 is 83.7. The molecule has 0 amide bonds. The maximum atomic E-state index is 13.9. The first-order valence-corrected chi connectivity index (χ1v) is 16.9. The van der Waals surface area contributed by atoms with E-state index < -0.39 is 71.3 Å². The zero-order chi connectivity index (χ0) is 29.5. The molecular formula is C25H18Cl4N2O6S3. The van der Waals surface area contributed by atoms with Gasteiger partial charge >= 0.3 is 0 Å². The van der Waals surface area contributed by atoms with Gasteiger partial charge in [0.05, 0.1) is 40.5 Å². The van der Waals surface area contributed by atoms with E-state index in [0.29, 0.717) is 5.56 Å². The standard InChI is InChI=1S/C25H18Cl4N2O6S3/c1-16-12-14-19(15-13-16)40(36,37)31(39(34,35)18-10-6-3-7-11-18)25-22(28)20(26)24(21(27)23(25)29)30-38(32,33)17-8-4-2-5-9-17/h2-15,30H,1H3. The van der Waals surface area contributed by atoms with E-state index in [1.54, 1.807) is 19.1 Å². The van der Waals surface area contributed by atoms with Crippen LogP contribution in [0.2, 0.25) is 20.1 Å². The second-order valence-corrected chi connectivity index (χ2v) is 15.2. The van der Waals surface area contributed by atoms with Crippen molar-refractivity contribution in [2.24, 2.45) is 0 Å². The van der Waals surface area contributed by atoms with E-state index in [1.165, 1.54) is 72.8 Å². The summed E-state index contributed by atoms with van der Waals surface area (Å²) in [4.78, 5) is -0.946. The summed E-state index contributed by atoms with van der Waals surface area (Å²) in [5.74, 6) is 0. The molecule has 0 bridgehead atoms. The molecule has 0 aliphatic rings. The minimum Gasteiger partial charge on any atom is -0.276 e. The Morgan fingerprint density at radius 1 is 0.550 bits per heavy atom. The fraction of sp³-hybridized carbons (Fsp3) is 0.0400. The molecule has 15 heteroatoms. The predicted octanol–water partition coefficient (Wildman–Crippen LogP) is 6.99. The number of halogens is 4. The van der Waals surface area contributed by atoms with E-state index in [2.05, 4.69) is 4.72 Å². The van der Waals surface area contributed by atoms with Crippen molar-refractivity contribution in [3.05, 3.63) is 111 Å². The lowest BCUT2D eigenvalue weighted by Crippen LogP contribution is -2.37. The van der Waals surface area contributed by atoms with Crippen LogP contribution in [0.15, 0.2) is 99.6 Å². The van der Waals surface area contributed by atoms with Gasteiger partial charge in [-0.25, -0.2) is 25.3 Å². The van der Waals surface area contributed by atoms with E-state index in [-0.39, 0.29) is 8.61 Å². The van der Waals surface area contributed by atoms with Crippen molar-refractivity contribution in [3.8, 4) is 0 Å². The van der Waals surface area contributed by atoms with Crippen LogP contribution in [-0.4, -0.2) is 25.3 Å². The number of hydrogen-bond acceptors (Lipinski definition) is 6. The molecule has 0 radical (unpaired) electrons. The quantitative estimate of drug-likeness (QED) is 0.201. The molecule has 0 atom stereocenters. The number of sulfonamides is 3. The number of aryl methyl sites for hydroxylation is 1. The van der Waals surface area contributed by atoms with Crippen molar-refractivity contribution in [3.63, 3.8) is 0 Å². The van der Waals surface area contributed by atoms with Crippen molar-refractivity contribution in [1.82, 2.24) is 0 Å². The summed E-state index contributed by atoms with van der Waals surface area (Å²) in [6.07, 6.45) is 0. The molecule has 0 aliphatic carbocycles. The predicted molar refractivity (Wildman–Crippen MR) is 158 cm³/mol. The molecule has 4 aromatic rings. The smallest absolute Gasteiger partial charge is 0.276 e. The van der Waals surface area contributed by atoms with Crippen LogP contribution in [0.1, 0.15) is 5.56 Å². The molecule has 0 saturated carbocycles. The van der Waals surface area contributed by atoms with E-state index in [1.807, 2.05) is 0 Å². The molecule has 0 saturated heterocycles. The van der Waals surface area contributed by atoms with Gasteiger partial charge in [0.15, 0.2) is 0 Å². The number of anilines is 2. The largest absolute Gasteiger partial charge is 0.277 e. The van der Waals surface area contributed by atoms with Gasteiger partial charge < -0.3 is 0 Å². The number of rotatable bonds is 8. The van der Waals surface area contributed by atoms with E-state index >= 15 is 0 Å². The molecule has 0 heterocycles. The summed E-state index contributed by atoms with van der Waals surface area (Å²) in [6, 6.07) is 19.3. The molecule has 40 heavy (non-hydrogen) atoms. The van der Waals surface area contributed by atoms with E-state index in [0.717, 1.165) is 0 Å². The highest BCUT2D eigenvalue weighted by molar-refractivity contribution is 8.10. The first kappa shape index (κ1) is 30.4. The van der Waals surface area contributed by atoms with Crippen molar-refractivity contribution < 1.29 is 25.3 Å². The van der Waals surface area contributed by atoms with Crippen LogP contribution in [0.3, 0.4) is 0 Å². The summed E-state index contributed by atoms with van der Waals surface area (Å²) in [6.45, 7) is 1.72. The molecule has 0 spiro atoms. The van der Waals surface area contributed by atoms with Crippen molar-refractivity contribution >= 4 is 87.8 Å². The van der Waals surface area contributed by atoms with Crippen LogP contribution in [0.4, 0.5) is 11.4 Å². The Morgan fingerprint density at radius 2 is 0.950 bits per heavy atom. The number of hydrogen-bond donors (Lipinski definition) is 1. The van der Waals surface area contributed by atoms with Gasteiger partial charge in [0.2, 0.25) is 0 Å². The average Bonchev–Trinajstić information content (AvgIpc) is 2.93. The van der Waals surface area contributed by atoms with Gasteiger partial charge in [-0.15, -0.1) is 0 Å². The third-order valence-electron chi connectivity index (χ3n) is 5.51. The summed E-state index contributed by atoms with van der Waals surface area (Å²) in [7, 11) is -14.1. The molecule has 4 aromatic carbocycles. The van der Waals surface area contributed by atoms with E-state index in [9.17, 15) is 25.3 Å². The number of nitrogens with zero attached hydrogens (tertiary/aromatic N) is 1. The Morgan fingerprint density at radius 3 is 1.40 bits per heavy atom. The second-order valence-electron chi connectivity index (χ2n) is 8.23. The van der Waals surface area contributed by atoms with Crippen LogP contribution < -0.4 is 8.43 Å². The minimum absolute atomic E-state index is 0.0396. The normalized spacial score (nSPS) is 12.2. The average molecular weight is 680 g/mol. The summed E-state index contributed by atoms with van der Waals surface area (Å²) >= 11 is 25.8. The molecule has 4 rings (SSSR count). The lowest BCUT2D eigenvalue weighted by molar-refractivity contribution is 0.584. The fourth-order valence-corrected chi connectivity index (χ4v) is 9.81. The lowest BCUT2D eigenvalue weighted by atomic mass is 10.2. The minimum atomic E-state index is -4.93. The molecule has 8 nitrogen and oxygen atoms in total. The van der Waals surface area contributed by atoms with Gasteiger partial charge in [-0.1, -0.05) is 100 Å². The molecule has 0 aromatic heterocycles. The molecule has 1 N–H and O–H groups in total. The molecule has 0 unspecified atom stereocenters. The maximum Gasteiger partial charge on any atom is 0.277 e. The lowest BCUT2D eigenvalue weighted by Gasteiger charge is -2.27. The Hall–Kier alpha value is -2.51. The Kier molecular flexibility index (Phi) is 8.68. The fourth-order valence-electron chi connectivity index (χ4n) is 3.53. The molecule has 0 aliphatic heterocycles. The SMILES string of the molecule is Cc1ccc(S(=O)(=O)N(c2c(Cl)c(Cl)c(NS(=O)(=O)c3ccccc3)c(Cl)c2Cl)S(=O)(=O)c2ccccc2)cc1. The topological polar surface area (TPSA) is 118 Å². The van der Waals surface area contributed by atoms with Crippen molar-refractivity contribution in [1.29, 1.82) is 0 Å². The van der Waals surface area contributed by atoms with E-state index in [4.69, 9.17) is 46.4 Å². The van der Waals surface area contributed by atoms with Gasteiger partial charge in [-0.2, -0.15) is 3.71 Å². The monoisotopic (exact) mass is 678 g/mol. The first-order chi connectivity index (χ1) is 18.7. The molecule has 210 valence electrons. The van der Waals surface area contributed by atoms with Crippen molar-refractivity contribution in [2.75, 3.05) is 8.43 Å². The maximum absolute atomic E-state index is 13.9.